The molecular weight excluding hydrogens is 795 g/mol. The summed E-state index contributed by atoms with van der Waals surface area (Å²) in [6, 6.07) is 7.36. The lowest BCUT2D eigenvalue weighted by Gasteiger charge is -2.35. The Morgan fingerprint density at radius 3 is 2.38 bits per heavy atom. The number of hydrogen-bond donors (Lipinski definition) is 6. The van der Waals surface area contributed by atoms with E-state index >= 15 is 0 Å². The zero-order chi connectivity index (χ0) is 43.4. The van der Waals surface area contributed by atoms with E-state index in [1.807, 2.05) is 17.2 Å². The van der Waals surface area contributed by atoms with E-state index < -0.39 is 35.6 Å². The van der Waals surface area contributed by atoms with Crippen molar-refractivity contribution in [3.05, 3.63) is 47.2 Å². The number of piperazine rings is 1. The Labute approximate surface area is 355 Å². The second-order valence-corrected chi connectivity index (χ2v) is 16.1. The molecule has 1 aliphatic rings. The van der Waals surface area contributed by atoms with Crippen LogP contribution in [0.3, 0.4) is 0 Å². The summed E-state index contributed by atoms with van der Waals surface area (Å²) in [5, 5.41) is 22.8. The van der Waals surface area contributed by atoms with Crippen molar-refractivity contribution in [2.75, 3.05) is 82.5 Å². The van der Waals surface area contributed by atoms with Crippen LogP contribution in [0.15, 0.2) is 30.5 Å². The zero-order valence-electron chi connectivity index (χ0n) is 34.7. The second kappa shape index (κ2) is 25.1. The third-order valence-corrected chi connectivity index (χ3v) is 11.4. The average Bonchev–Trinajstić information content (AvgIpc) is 3.62. The highest BCUT2D eigenvalue weighted by Gasteiger charge is 2.25. The van der Waals surface area contributed by atoms with E-state index in [0.717, 1.165) is 74.1 Å². The van der Waals surface area contributed by atoms with Gasteiger partial charge in [-0.15, -0.1) is 11.8 Å². The molecule has 4 rings (SSSR count). The first kappa shape index (κ1) is 47.9. The number of fused-ring (bicyclic) bond motifs is 1. The van der Waals surface area contributed by atoms with Gasteiger partial charge >= 0.3 is 11.9 Å². The number of nitrogens with zero attached hydrogens (tertiary/aromatic N) is 5. The van der Waals surface area contributed by atoms with Crippen LogP contribution in [0, 0.1) is 6.92 Å². The number of unbranched alkanes of at least 4 members (excludes halogenated alkanes) is 2. The molecule has 0 aliphatic carbocycles. The Bertz CT molecular complexity index is 1890. The third kappa shape index (κ3) is 16.0. The number of ether oxygens (including phenoxy) is 2. The van der Waals surface area contributed by atoms with Crippen LogP contribution in [0.25, 0.3) is 11.0 Å². The molecule has 3 heterocycles. The number of hydrogen-bond acceptors (Lipinski definition) is 14. The molecule has 0 radical (unpaired) electrons. The van der Waals surface area contributed by atoms with Crippen molar-refractivity contribution in [2.24, 2.45) is 5.73 Å². The fourth-order valence-corrected chi connectivity index (χ4v) is 7.75. The van der Waals surface area contributed by atoms with Crippen LogP contribution < -0.4 is 22.1 Å². The van der Waals surface area contributed by atoms with Crippen molar-refractivity contribution in [1.82, 2.24) is 29.7 Å². The SMILES string of the molecule is CCCCCNc1nc(N)nc2ccn(Cc3ccc(CN4CCN(C(=O)CCOCCOCCCC(=O)CNC(=O)C(CC(=O)O)SC[C@H](N)C(=O)O)CC4)cc3C)c12. The number of carbonyl (C=O) groups is 5. The number of ketones is 1. The Morgan fingerprint density at radius 1 is 0.933 bits per heavy atom. The van der Waals surface area contributed by atoms with Crippen LogP contribution in [0.4, 0.5) is 11.8 Å². The predicted molar refractivity (Wildman–Crippen MR) is 230 cm³/mol. The third-order valence-electron chi connectivity index (χ3n) is 10.1. The van der Waals surface area contributed by atoms with E-state index in [-0.39, 0.29) is 49.4 Å². The number of amides is 2. The summed E-state index contributed by atoms with van der Waals surface area (Å²) in [5.41, 5.74) is 16.9. The zero-order valence-corrected chi connectivity index (χ0v) is 35.6. The molecule has 1 saturated heterocycles. The van der Waals surface area contributed by atoms with Gasteiger partial charge in [-0.25, -0.2) is 4.98 Å². The van der Waals surface area contributed by atoms with E-state index in [0.29, 0.717) is 45.9 Å². The lowest BCUT2D eigenvalue weighted by atomic mass is 10.0. The Balaban J connectivity index is 1.06. The molecule has 2 aromatic heterocycles. The van der Waals surface area contributed by atoms with Gasteiger partial charge < -0.3 is 51.3 Å². The average molecular weight is 856 g/mol. The summed E-state index contributed by atoms with van der Waals surface area (Å²) in [6.07, 6.45) is 5.72. The molecule has 0 spiro atoms. The molecule has 1 aromatic carbocycles. The van der Waals surface area contributed by atoms with Crippen molar-refractivity contribution in [3.8, 4) is 0 Å². The van der Waals surface area contributed by atoms with Crippen LogP contribution in [0.1, 0.15) is 68.6 Å². The number of carboxylic acid groups (broad SMARTS) is 2. The van der Waals surface area contributed by atoms with E-state index in [2.05, 4.69) is 62.1 Å². The van der Waals surface area contributed by atoms with Gasteiger partial charge in [-0.3, -0.25) is 28.9 Å². The van der Waals surface area contributed by atoms with Crippen molar-refractivity contribution in [3.63, 3.8) is 0 Å². The van der Waals surface area contributed by atoms with Crippen LogP contribution in [-0.2, 0) is 46.5 Å². The number of thioether (sulfide) groups is 1. The highest BCUT2D eigenvalue weighted by molar-refractivity contribution is 8.00. The molecule has 18 nitrogen and oxygen atoms in total. The summed E-state index contributed by atoms with van der Waals surface area (Å²) < 4.78 is 13.3. The maximum absolute atomic E-state index is 12.8. The molecule has 1 aliphatic heterocycles. The lowest BCUT2D eigenvalue weighted by molar-refractivity contribution is -0.138. The number of carbonyl (C=O) groups excluding carboxylic acids is 3. The van der Waals surface area contributed by atoms with E-state index in [1.165, 1.54) is 16.7 Å². The smallest absolute Gasteiger partial charge is 0.321 e. The Kier molecular flexibility index (Phi) is 20.0. The van der Waals surface area contributed by atoms with Gasteiger partial charge in [0, 0.05) is 70.8 Å². The fourth-order valence-electron chi connectivity index (χ4n) is 6.67. The molecule has 2 atom stereocenters. The fraction of sp³-hybridized carbons (Fsp3) is 0.585. The molecule has 60 heavy (non-hydrogen) atoms. The number of Topliss-reactive ketones (excluding diaryl/α,β-unsaturated/α-hetero) is 1. The topological polar surface area (TPSA) is 258 Å². The molecule has 19 heteroatoms. The molecule has 3 aromatic rings. The minimum Gasteiger partial charge on any atom is -0.481 e. The summed E-state index contributed by atoms with van der Waals surface area (Å²) in [7, 11) is 0. The summed E-state index contributed by atoms with van der Waals surface area (Å²) in [4.78, 5) is 72.7. The second-order valence-electron chi connectivity index (χ2n) is 14.9. The Hall–Kier alpha value is -4.82. The summed E-state index contributed by atoms with van der Waals surface area (Å²) in [6.45, 7) is 10.5. The maximum Gasteiger partial charge on any atom is 0.321 e. The first-order valence-corrected chi connectivity index (χ1v) is 21.6. The molecule has 0 saturated carbocycles. The quantitative estimate of drug-likeness (QED) is 0.0574. The van der Waals surface area contributed by atoms with Gasteiger partial charge in [-0.05, 0) is 42.5 Å². The summed E-state index contributed by atoms with van der Waals surface area (Å²) in [5.74, 6) is -2.48. The highest BCUT2D eigenvalue weighted by atomic mass is 32.2. The van der Waals surface area contributed by atoms with Gasteiger partial charge in [0.25, 0.3) is 0 Å². The van der Waals surface area contributed by atoms with Crippen molar-refractivity contribution in [1.29, 1.82) is 0 Å². The molecule has 330 valence electrons. The van der Waals surface area contributed by atoms with Crippen molar-refractivity contribution in [2.45, 2.75) is 83.2 Å². The molecule has 1 fully saturated rings. The Morgan fingerprint density at radius 2 is 1.68 bits per heavy atom. The minimum atomic E-state index is -1.26. The number of nitrogens with one attached hydrogen (secondary N) is 2. The highest BCUT2D eigenvalue weighted by Crippen LogP contribution is 2.25. The molecule has 8 N–H and O–H groups in total. The summed E-state index contributed by atoms with van der Waals surface area (Å²) >= 11 is 0.820. The first-order chi connectivity index (χ1) is 28.8. The molecule has 2 amide bonds. The van der Waals surface area contributed by atoms with Gasteiger partial charge in [-0.2, -0.15) is 4.98 Å². The molecule has 1 unspecified atom stereocenters. The van der Waals surface area contributed by atoms with Gasteiger partial charge in [0.2, 0.25) is 17.8 Å². The monoisotopic (exact) mass is 855 g/mol. The number of nitrogens with two attached hydrogens (primary N) is 2. The normalized spacial score (nSPS) is 14.2. The van der Waals surface area contributed by atoms with E-state index in [9.17, 15) is 24.0 Å². The number of aliphatic carboxylic acids is 2. The maximum atomic E-state index is 12.8. The number of rotatable bonds is 28. The van der Waals surface area contributed by atoms with E-state index in [4.69, 9.17) is 31.2 Å². The van der Waals surface area contributed by atoms with Gasteiger partial charge in [0.1, 0.15) is 11.6 Å². The minimum absolute atomic E-state index is 0.0584. The lowest BCUT2D eigenvalue weighted by Crippen LogP contribution is -2.48. The van der Waals surface area contributed by atoms with Crippen LogP contribution in [0.5, 0.6) is 0 Å². The number of anilines is 2. The predicted octanol–water partition coefficient (Wildman–Crippen LogP) is 2.49. The molecule has 0 bridgehead atoms. The van der Waals surface area contributed by atoms with Crippen molar-refractivity contribution < 1.29 is 43.7 Å². The standard InChI is InChI=1S/C41H61N9O9S/c1-3-4-5-12-44-38-37-33(46-41(43)47-38)10-13-50(37)26-30-9-8-29(22-28(30)2)25-48-14-16-49(17-15-48)35(52)11-19-59-21-20-58-18-6-7-31(51)24-45-39(55)34(23-36(53)54)60-27-32(42)40(56)57/h8-10,13,22,32,34H,3-7,11-12,14-21,23-27,42H2,1-2H3,(H,45,55)(H,53,54)(H,56,57)(H3,43,44,46,47)/t32-,34?/m0/s1. The first-order valence-electron chi connectivity index (χ1n) is 20.6. The van der Waals surface area contributed by atoms with Gasteiger partial charge in [0.05, 0.1) is 50.0 Å². The number of aromatic nitrogens is 3. The number of aryl methyl sites for hydroxylation is 1. The van der Waals surface area contributed by atoms with Crippen LogP contribution in [0.2, 0.25) is 0 Å². The van der Waals surface area contributed by atoms with Crippen LogP contribution >= 0.6 is 11.8 Å². The van der Waals surface area contributed by atoms with E-state index in [1.54, 1.807) is 0 Å². The van der Waals surface area contributed by atoms with Gasteiger partial charge in [-0.1, -0.05) is 38.0 Å². The van der Waals surface area contributed by atoms with Gasteiger partial charge in [0.15, 0.2) is 11.6 Å². The molecular formula is C41H61N9O9S. The van der Waals surface area contributed by atoms with Crippen molar-refractivity contribution >= 4 is 64.1 Å². The number of benzene rings is 1. The van der Waals surface area contributed by atoms with Crippen LogP contribution in [-0.4, -0.2) is 147 Å². The number of carboxylic acids is 2. The number of nitrogen functional groups attached to an aromatic ring is 1. The largest absolute Gasteiger partial charge is 0.481 e.